The third-order valence-electron chi connectivity index (χ3n) is 3.48. The summed E-state index contributed by atoms with van der Waals surface area (Å²) in [7, 11) is -4.10. The van der Waals surface area contributed by atoms with Crippen molar-refractivity contribution in [2.75, 3.05) is 12.3 Å². The molecule has 2 N–H and O–H groups in total. The molecule has 1 heterocycles. The summed E-state index contributed by atoms with van der Waals surface area (Å²) in [5, 5.41) is 4.73. The molecular formula is C17H12Cl3N3O5S. The molecule has 0 aliphatic carbocycles. The Morgan fingerprint density at radius 1 is 1.03 bits per heavy atom. The van der Waals surface area contributed by atoms with Crippen molar-refractivity contribution in [2.24, 2.45) is 0 Å². The molecule has 8 nitrogen and oxygen atoms in total. The van der Waals surface area contributed by atoms with Gasteiger partial charge in [0.15, 0.2) is 6.61 Å². The van der Waals surface area contributed by atoms with Crippen molar-refractivity contribution in [2.45, 2.75) is 4.90 Å². The van der Waals surface area contributed by atoms with Gasteiger partial charge in [-0.05, 0) is 42.5 Å². The SMILES string of the molecule is Nc1cc(OC(=O)COc2ccc(Cl)cc2Cl)nn1S(=O)(=O)c1ccc(Cl)cc1. The molecule has 0 saturated heterocycles. The van der Waals surface area contributed by atoms with Crippen molar-refractivity contribution in [1.82, 2.24) is 9.19 Å². The number of hydrogen-bond donors (Lipinski definition) is 1. The molecule has 0 fully saturated rings. The van der Waals surface area contributed by atoms with Gasteiger partial charge in [0.25, 0.3) is 10.0 Å². The molecule has 0 unspecified atom stereocenters. The highest BCUT2D eigenvalue weighted by Crippen LogP contribution is 2.27. The molecule has 0 radical (unpaired) electrons. The number of anilines is 1. The Morgan fingerprint density at radius 3 is 2.34 bits per heavy atom. The standard InChI is InChI=1S/C17H12Cl3N3O5S/c18-10-1-4-12(5-2-10)29(25,26)23-15(21)8-16(22-23)28-17(24)9-27-14-6-3-11(19)7-13(14)20/h1-8H,9,21H2. The van der Waals surface area contributed by atoms with E-state index in [4.69, 9.17) is 50.0 Å². The summed E-state index contributed by atoms with van der Waals surface area (Å²) in [4.78, 5) is 11.9. The molecule has 0 amide bonds. The molecule has 0 spiro atoms. The van der Waals surface area contributed by atoms with Crippen molar-refractivity contribution in [1.29, 1.82) is 0 Å². The molecule has 1 aromatic heterocycles. The van der Waals surface area contributed by atoms with E-state index in [0.29, 0.717) is 14.1 Å². The van der Waals surface area contributed by atoms with Crippen molar-refractivity contribution >= 4 is 56.6 Å². The summed E-state index contributed by atoms with van der Waals surface area (Å²) >= 11 is 17.5. The maximum Gasteiger partial charge on any atom is 0.350 e. The lowest BCUT2D eigenvalue weighted by Crippen LogP contribution is -2.19. The average molecular weight is 477 g/mol. The number of hydrogen-bond acceptors (Lipinski definition) is 7. The fourth-order valence-corrected chi connectivity index (χ4v) is 3.97. The van der Waals surface area contributed by atoms with Gasteiger partial charge in [-0.25, -0.2) is 4.79 Å². The molecular weight excluding hydrogens is 465 g/mol. The van der Waals surface area contributed by atoms with E-state index >= 15 is 0 Å². The number of aromatic nitrogens is 2. The monoisotopic (exact) mass is 475 g/mol. The third-order valence-corrected chi connectivity index (χ3v) is 5.88. The molecule has 0 aliphatic rings. The fourth-order valence-electron chi connectivity index (χ4n) is 2.18. The highest BCUT2D eigenvalue weighted by Gasteiger charge is 2.23. The van der Waals surface area contributed by atoms with Crippen molar-refractivity contribution < 1.29 is 22.7 Å². The van der Waals surface area contributed by atoms with E-state index in [1.54, 1.807) is 0 Å². The van der Waals surface area contributed by atoms with Crippen LogP contribution in [0.1, 0.15) is 0 Å². The number of nitrogens with zero attached hydrogens (tertiary/aromatic N) is 2. The molecule has 0 aliphatic heterocycles. The predicted octanol–water partition coefficient (Wildman–Crippen LogP) is 3.65. The van der Waals surface area contributed by atoms with Crippen LogP contribution in [-0.4, -0.2) is 30.2 Å². The third kappa shape index (κ3) is 4.94. The molecule has 0 bridgehead atoms. The van der Waals surface area contributed by atoms with Gasteiger partial charge >= 0.3 is 5.97 Å². The lowest BCUT2D eigenvalue weighted by Gasteiger charge is -2.07. The summed E-state index contributed by atoms with van der Waals surface area (Å²) in [5.74, 6) is -1.17. The number of benzene rings is 2. The van der Waals surface area contributed by atoms with E-state index in [1.807, 2.05) is 0 Å². The van der Waals surface area contributed by atoms with Crippen LogP contribution in [-0.2, 0) is 14.8 Å². The number of carbonyl (C=O) groups excluding carboxylic acids is 1. The summed E-state index contributed by atoms with van der Waals surface area (Å²) in [6.45, 7) is -0.502. The normalized spacial score (nSPS) is 11.3. The van der Waals surface area contributed by atoms with Crippen LogP contribution in [0.5, 0.6) is 11.6 Å². The van der Waals surface area contributed by atoms with Gasteiger partial charge < -0.3 is 15.2 Å². The van der Waals surface area contributed by atoms with Gasteiger partial charge in [-0.1, -0.05) is 34.8 Å². The molecule has 12 heteroatoms. The topological polar surface area (TPSA) is 114 Å². The van der Waals surface area contributed by atoms with Crippen LogP contribution in [0.25, 0.3) is 0 Å². The van der Waals surface area contributed by atoms with E-state index in [0.717, 1.165) is 6.07 Å². The van der Waals surface area contributed by atoms with Crippen molar-refractivity contribution in [3.8, 4) is 11.6 Å². The Kier molecular flexibility index (Phi) is 6.23. The van der Waals surface area contributed by atoms with Crippen LogP contribution >= 0.6 is 34.8 Å². The van der Waals surface area contributed by atoms with Gasteiger partial charge in [0.05, 0.1) is 9.92 Å². The first-order valence-corrected chi connectivity index (χ1v) is 10.4. The Bertz CT molecular complexity index is 1160. The largest absolute Gasteiger partial charge is 0.480 e. The Balaban J connectivity index is 1.71. The second-order valence-electron chi connectivity index (χ2n) is 5.55. The first kappa shape index (κ1) is 21.3. The zero-order chi connectivity index (χ0) is 21.2. The van der Waals surface area contributed by atoms with Crippen LogP contribution in [0.3, 0.4) is 0 Å². The minimum atomic E-state index is -4.10. The van der Waals surface area contributed by atoms with Gasteiger partial charge in [0, 0.05) is 16.1 Å². The Hall–Kier alpha value is -2.46. The summed E-state index contributed by atoms with van der Waals surface area (Å²) < 4.78 is 36.0. The van der Waals surface area contributed by atoms with Gasteiger partial charge in [-0.2, -0.15) is 8.42 Å². The summed E-state index contributed by atoms with van der Waals surface area (Å²) in [6, 6.07) is 11.0. The number of halogens is 3. The number of ether oxygens (including phenoxy) is 2. The molecule has 29 heavy (non-hydrogen) atoms. The zero-order valence-corrected chi connectivity index (χ0v) is 17.5. The van der Waals surface area contributed by atoms with Crippen molar-refractivity contribution in [3.63, 3.8) is 0 Å². The maximum absolute atomic E-state index is 12.6. The van der Waals surface area contributed by atoms with E-state index < -0.39 is 22.6 Å². The molecule has 3 aromatic rings. The van der Waals surface area contributed by atoms with Gasteiger partial charge in [0.1, 0.15) is 11.6 Å². The van der Waals surface area contributed by atoms with Crippen LogP contribution in [0.15, 0.2) is 53.4 Å². The van der Waals surface area contributed by atoms with Crippen molar-refractivity contribution in [3.05, 3.63) is 63.6 Å². The summed E-state index contributed by atoms with van der Waals surface area (Å²) in [5.41, 5.74) is 5.71. The molecule has 2 aromatic carbocycles. The quantitative estimate of drug-likeness (QED) is 0.540. The molecule has 0 saturated carbocycles. The second kappa shape index (κ2) is 8.50. The van der Waals surface area contributed by atoms with E-state index in [9.17, 15) is 13.2 Å². The van der Waals surface area contributed by atoms with Crippen LogP contribution < -0.4 is 15.2 Å². The second-order valence-corrected chi connectivity index (χ2v) is 8.59. The smallest absolute Gasteiger partial charge is 0.350 e. The lowest BCUT2D eigenvalue weighted by molar-refractivity contribution is -0.136. The Morgan fingerprint density at radius 2 is 1.69 bits per heavy atom. The minimum absolute atomic E-state index is 0.0877. The first-order chi connectivity index (χ1) is 13.7. The van der Waals surface area contributed by atoms with Gasteiger partial charge in [0.2, 0.25) is 5.88 Å². The minimum Gasteiger partial charge on any atom is -0.480 e. The first-order valence-electron chi connectivity index (χ1n) is 7.82. The molecule has 3 rings (SSSR count). The molecule has 0 atom stereocenters. The van der Waals surface area contributed by atoms with Crippen LogP contribution in [0, 0.1) is 0 Å². The number of nitrogen functional groups attached to an aromatic ring is 1. The van der Waals surface area contributed by atoms with E-state index in [-0.39, 0.29) is 27.4 Å². The number of rotatable bonds is 6. The number of esters is 1. The maximum atomic E-state index is 12.6. The highest BCUT2D eigenvalue weighted by atomic mass is 35.5. The number of carbonyl (C=O) groups is 1. The van der Waals surface area contributed by atoms with Crippen LogP contribution in [0.4, 0.5) is 5.82 Å². The lowest BCUT2D eigenvalue weighted by atomic mass is 10.3. The average Bonchev–Trinajstić information content (AvgIpc) is 3.02. The van der Waals surface area contributed by atoms with Gasteiger partial charge in [-0.15, -0.1) is 9.19 Å². The zero-order valence-electron chi connectivity index (χ0n) is 14.4. The van der Waals surface area contributed by atoms with Crippen LogP contribution in [0.2, 0.25) is 15.1 Å². The predicted molar refractivity (Wildman–Crippen MR) is 108 cm³/mol. The fraction of sp³-hybridized carbons (Fsp3) is 0.0588. The highest BCUT2D eigenvalue weighted by molar-refractivity contribution is 7.90. The Labute approximate surface area is 180 Å². The van der Waals surface area contributed by atoms with Gasteiger partial charge in [-0.3, -0.25) is 0 Å². The molecule has 152 valence electrons. The number of nitrogens with two attached hydrogens (primary N) is 1. The van der Waals surface area contributed by atoms with E-state index in [2.05, 4.69) is 5.10 Å². The van der Waals surface area contributed by atoms with E-state index in [1.165, 1.54) is 42.5 Å². The summed E-state index contributed by atoms with van der Waals surface area (Å²) in [6.07, 6.45) is 0.